The quantitative estimate of drug-likeness (QED) is 0.771. The number of rotatable bonds is 3. The summed E-state index contributed by atoms with van der Waals surface area (Å²) in [7, 11) is 0. The monoisotopic (exact) mass is 252 g/mol. The molecule has 0 amide bonds. The highest BCUT2D eigenvalue weighted by Gasteiger charge is 2.20. The minimum absolute atomic E-state index is 0.0824. The van der Waals surface area contributed by atoms with Crippen molar-refractivity contribution < 1.29 is 14.3 Å². The van der Waals surface area contributed by atoms with Crippen LogP contribution in [0.3, 0.4) is 0 Å². The van der Waals surface area contributed by atoms with Crippen LogP contribution in [0.15, 0.2) is 18.2 Å². The van der Waals surface area contributed by atoms with Gasteiger partial charge in [-0.1, -0.05) is 0 Å². The predicted octanol–water partition coefficient (Wildman–Crippen LogP) is 2.21. The second kappa shape index (κ2) is 5.35. The molecule has 1 aliphatic rings. The van der Waals surface area contributed by atoms with Gasteiger partial charge in [-0.15, -0.1) is 0 Å². The van der Waals surface area contributed by atoms with Crippen LogP contribution >= 0.6 is 0 Å². The molecule has 1 aliphatic carbocycles. The van der Waals surface area contributed by atoms with Gasteiger partial charge >= 0.3 is 5.97 Å². The summed E-state index contributed by atoms with van der Waals surface area (Å²) in [6.45, 7) is 0. The maximum atomic E-state index is 13.6. The Morgan fingerprint density at radius 3 is 2.89 bits per heavy atom. The van der Waals surface area contributed by atoms with Crippen LogP contribution in [-0.2, 0) is 0 Å². The Morgan fingerprint density at radius 2 is 2.22 bits per heavy atom. The first kappa shape index (κ1) is 12.8. The number of carboxylic acid groups (broad SMARTS) is 1. The first-order chi connectivity index (χ1) is 8.56. The molecule has 5 heteroatoms. The normalized spacial score (nSPS) is 23.7. The van der Waals surface area contributed by atoms with Crippen LogP contribution in [0, 0.1) is 5.82 Å². The van der Waals surface area contributed by atoms with Gasteiger partial charge in [0.15, 0.2) is 0 Å². The Hall–Kier alpha value is -1.62. The summed E-state index contributed by atoms with van der Waals surface area (Å²) in [6, 6.07) is 4.02. The smallest absolute Gasteiger partial charge is 0.335 e. The van der Waals surface area contributed by atoms with E-state index in [1.54, 1.807) is 0 Å². The topological polar surface area (TPSA) is 75.3 Å². The van der Waals surface area contributed by atoms with E-state index in [-0.39, 0.29) is 23.3 Å². The minimum Gasteiger partial charge on any atom is -0.478 e. The van der Waals surface area contributed by atoms with E-state index in [0.29, 0.717) is 0 Å². The molecule has 2 rings (SSSR count). The molecule has 2 unspecified atom stereocenters. The molecule has 0 saturated heterocycles. The lowest BCUT2D eigenvalue weighted by Crippen LogP contribution is -2.35. The van der Waals surface area contributed by atoms with Crippen LogP contribution in [0.25, 0.3) is 0 Å². The van der Waals surface area contributed by atoms with Crippen molar-refractivity contribution in [3.05, 3.63) is 29.6 Å². The Morgan fingerprint density at radius 1 is 1.44 bits per heavy atom. The molecule has 0 aromatic heterocycles. The van der Waals surface area contributed by atoms with Gasteiger partial charge in [0.05, 0.1) is 11.3 Å². The van der Waals surface area contributed by atoms with Gasteiger partial charge in [-0.05, 0) is 43.9 Å². The van der Waals surface area contributed by atoms with E-state index in [0.717, 1.165) is 25.7 Å². The molecule has 1 aromatic carbocycles. The number of aromatic carboxylic acids is 1. The third kappa shape index (κ3) is 2.98. The second-order valence-electron chi connectivity index (χ2n) is 4.77. The fraction of sp³-hybridized carbons (Fsp3) is 0.462. The van der Waals surface area contributed by atoms with E-state index in [2.05, 4.69) is 5.32 Å². The molecular weight excluding hydrogens is 235 g/mol. The van der Waals surface area contributed by atoms with Crippen LogP contribution in [0.1, 0.15) is 36.0 Å². The number of anilines is 1. The largest absolute Gasteiger partial charge is 0.478 e. The van der Waals surface area contributed by atoms with E-state index in [1.165, 1.54) is 18.2 Å². The van der Waals surface area contributed by atoms with Gasteiger partial charge in [0.2, 0.25) is 0 Å². The maximum Gasteiger partial charge on any atom is 0.335 e. The molecule has 0 radical (unpaired) electrons. The van der Waals surface area contributed by atoms with Gasteiger partial charge in [-0.3, -0.25) is 0 Å². The molecule has 0 spiro atoms. The number of nitrogens with two attached hydrogens (primary N) is 1. The summed E-state index contributed by atoms with van der Waals surface area (Å²) in [6.07, 6.45) is 3.73. The molecule has 0 bridgehead atoms. The number of carbonyl (C=O) groups is 1. The lowest BCUT2D eigenvalue weighted by atomic mass is 9.91. The zero-order chi connectivity index (χ0) is 13.1. The van der Waals surface area contributed by atoms with Crippen molar-refractivity contribution in [1.29, 1.82) is 0 Å². The highest BCUT2D eigenvalue weighted by Crippen LogP contribution is 2.23. The molecule has 1 fully saturated rings. The van der Waals surface area contributed by atoms with Crippen LogP contribution < -0.4 is 11.1 Å². The fourth-order valence-electron chi connectivity index (χ4n) is 2.35. The number of carboxylic acids is 1. The summed E-state index contributed by atoms with van der Waals surface area (Å²) in [5.41, 5.74) is 6.19. The third-order valence-electron chi connectivity index (χ3n) is 3.29. The first-order valence-electron chi connectivity index (χ1n) is 6.11. The first-order valence-corrected chi connectivity index (χ1v) is 6.11. The van der Waals surface area contributed by atoms with Crippen molar-refractivity contribution in [3.8, 4) is 0 Å². The highest BCUT2D eigenvalue weighted by atomic mass is 19.1. The molecule has 1 saturated carbocycles. The van der Waals surface area contributed by atoms with Gasteiger partial charge in [0.1, 0.15) is 5.82 Å². The maximum absolute atomic E-state index is 13.6. The van der Waals surface area contributed by atoms with E-state index >= 15 is 0 Å². The number of benzene rings is 1. The third-order valence-corrected chi connectivity index (χ3v) is 3.29. The van der Waals surface area contributed by atoms with Crippen molar-refractivity contribution >= 4 is 11.7 Å². The van der Waals surface area contributed by atoms with Crippen molar-refractivity contribution in [1.82, 2.24) is 0 Å². The van der Waals surface area contributed by atoms with E-state index in [4.69, 9.17) is 10.8 Å². The van der Waals surface area contributed by atoms with Crippen LogP contribution in [0.2, 0.25) is 0 Å². The van der Waals surface area contributed by atoms with Gasteiger partial charge in [0.25, 0.3) is 0 Å². The SMILES string of the molecule is NC1CCCC(Nc2cc(C(=O)O)ccc2F)C1. The van der Waals surface area contributed by atoms with Gasteiger partial charge in [-0.25, -0.2) is 9.18 Å². The van der Waals surface area contributed by atoms with Crippen LogP contribution in [0.4, 0.5) is 10.1 Å². The molecule has 1 aromatic rings. The standard InChI is InChI=1S/C13H17FN2O2/c14-11-5-4-8(13(17)18)6-12(11)16-10-3-1-2-9(15)7-10/h4-6,9-10,16H,1-3,7,15H2,(H,17,18). The van der Waals surface area contributed by atoms with Gasteiger partial charge < -0.3 is 16.2 Å². The van der Waals surface area contributed by atoms with E-state index < -0.39 is 11.8 Å². The van der Waals surface area contributed by atoms with E-state index in [9.17, 15) is 9.18 Å². The number of hydrogen-bond donors (Lipinski definition) is 3. The predicted molar refractivity (Wildman–Crippen MR) is 67.2 cm³/mol. The Balaban J connectivity index is 2.12. The number of hydrogen-bond acceptors (Lipinski definition) is 3. The lowest BCUT2D eigenvalue weighted by molar-refractivity contribution is 0.0697. The molecule has 4 nitrogen and oxygen atoms in total. The van der Waals surface area contributed by atoms with Gasteiger partial charge in [0, 0.05) is 12.1 Å². The zero-order valence-electron chi connectivity index (χ0n) is 10.0. The summed E-state index contributed by atoms with van der Waals surface area (Å²) in [4.78, 5) is 10.8. The summed E-state index contributed by atoms with van der Waals surface area (Å²) in [5, 5.41) is 11.9. The molecular formula is C13H17FN2O2. The Kier molecular flexibility index (Phi) is 3.81. The molecule has 18 heavy (non-hydrogen) atoms. The average molecular weight is 252 g/mol. The number of nitrogens with one attached hydrogen (secondary N) is 1. The second-order valence-corrected chi connectivity index (χ2v) is 4.77. The minimum atomic E-state index is -1.06. The Bertz CT molecular complexity index is 451. The van der Waals surface area contributed by atoms with Crippen LogP contribution in [-0.4, -0.2) is 23.2 Å². The highest BCUT2D eigenvalue weighted by molar-refractivity contribution is 5.88. The van der Waals surface area contributed by atoms with Gasteiger partial charge in [-0.2, -0.15) is 0 Å². The van der Waals surface area contributed by atoms with Crippen molar-refractivity contribution in [2.75, 3.05) is 5.32 Å². The van der Waals surface area contributed by atoms with Crippen molar-refractivity contribution in [3.63, 3.8) is 0 Å². The fourth-order valence-corrected chi connectivity index (χ4v) is 2.35. The summed E-state index contributed by atoms with van der Waals surface area (Å²) < 4.78 is 13.6. The molecule has 0 aliphatic heterocycles. The lowest BCUT2D eigenvalue weighted by Gasteiger charge is -2.28. The Labute approximate surface area is 105 Å². The van der Waals surface area contributed by atoms with E-state index in [1.807, 2.05) is 0 Å². The zero-order valence-corrected chi connectivity index (χ0v) is 10.0. The molecule has 2 atom stereocenters. The molecule has 0 heterocycles. The molecule has 4 N–H and O–H groups in total. The number of halogens is 1. The van der Waals surface area contributed by atoms with Crippen LogP contribution in [0.5, 0.6) is 0 Å². The summed E-state index contributed by atoms with van der Waals surface area (Å²) in [5.74, 6) is -1.49. The molecule has 98 valence electrons. The van der Waals surface area contributed by atoms with Crippen molar-refractivity contribution in [2.24, 2.45) is 5.73 Å². The average Bonchev–Trinajstić information content (AvgIpc) is 2.31. The summed E-state index contributed by atoms with van der Waals surface area (Å²) >= 11 is 0. The van der Waals surface area contributed by atoms with Crippen molar-refractivity contribution in [2.45, 2.75) is 37.8 Å².